The van der Waals surface area contributed by atoms with Crippen molar-refractivity contribution in [3.8, 4) is 5.75 Å². The zero-order valence-electron chi connectivity index (χ0n) is 17.0. The number of piperidine rings is 1. The number of aromatic nitrogens is 3. The Kier molecular flexibility index (Phi) is 4.87. The first kappa shape index (κ1) is 18.4. The van der Waals surface area contributed by atoms with Crippen LogP contribution in [0.1, 0.15) is 31.2 Å². The van der Waals surface area contributed by atoms with Crippen LogP contribution < -0.4 is 10.3 Å². The Morgan fingerprint density at radius 1 is 1.14 bits per heavy atom. The first-order chi connectivity index (χ1) is 14.2. The molecule has 0 radical (unpaired) electrons. The maximum atomic E-state index is 11.8. The lowest BCUT2D eigenvalue weighted by Crippen LogP contribution is -2.38. The van der Waals surface area contributed by atoms with Gasteiger partial charge in [-0.05, 0) is 55.4 Å². The van der Waals surface area contributed by atoms with Gasteiger partial charge in [-0.2, -0.15) is 5.10 Å². The molecule has 1 aliphatic heterocycles. The first-order valence-electron chi connectivity index (χ1n) is 10.6. The highest BCUT2D eigenvalue weighted by Crippen LogP contribution is 2.34. The molecule has 1 saturated heterocycles. The summed E-state index contributed by atoms with van der Waals surface area (Å²) in [4.78, 5) is 14.1. The third kappa shape index (κ3) is 4.08. The van der Waals surface area contributed by atoms with Crippen LogP contribution in [-0.4, -0.2) is 38.4 Å². The largest absolute Gasteiger partial charge is 0.490 e. The number of likely N-dealkylation sites (tertiary alicyclic amines) is 1. The number of ether oxygens (including phenoxy) is 1. The highest BCUT2D eigenvalue weighted by molar-refractivity contribution is 5.86. The quantitative estimate of drug-likeness (QED) is 0.647. The standard InChI is InChI=1S/C23H28N4O2/c1-25-23(28)13-18(14-24-25)15-26-10-7-19(8-11-26)29-22-4-2-3-21-20(22)9-12-27(21)16-17-5-6-17/h2-4,9,12-14,17,19H,5-8,10-11,15-16H2,1H3. The maximum absolute atomic E-state index is 11.8. The third-order valence-corrected chi connectivity index (χ3v) is 6.18. The summed E-state index contributed by atoms with van der Waals surface area (Å²) in [6.45, 7) is 3.84. The monoisotopic (exact) mass is 392 g/mol. The average Bonchev–Trinajstić information content (AvgIpc) is 3.45. The molecule has 6 heteroatoms. The molecule has 152 valence electrons. The van der Waals surface area contributed by atoms with Crippen LogP contribution in [0.5, 0.6) is 5.75 Å². The topological polar surface area (TPSA) is 52.3 Å². The lowest BCUT2D eigenvalue weighted by Gasteiger charge is -2.32. The molecular weight excluding hydrogens is 364 g/mol. The lowest BCUT2D eigenvalue weighted by atomic mass is 10.1. The maximum Gasteiger partial charge on any atom is 0.266 e. The van der Waals surface area contributed by atoms with Crippen LogP contribution in [-0.2, 0) is 20.1 Å². The van der Waals surface area contributed by atoms with Crippen molar-refractivity contribution in [3.63, 3.8) is 0 Å². The Balaban J connectivity index is 1.21. The van der Waals surface area contributed by atoms with Crippen LogP contribution in [0.2, 0.25) is 0 Å². The molecule has 0 atom stereocenters. The average molecular weight is 393 g/mol. The number of hydrogen-bond acceptors (Lipinski definition) is 4. The molecule has 6 nitrogen and oxygen atoms in total. The van der Waals surface area contributed by atoms with E-state index in [-0.39, 0.29) is 11.7 Å². The van der Waals surface area contributed by atoms with Gasteiger partial charge < -0.3 is 9.30 Å². The van der Waals surface area contributed by atoms with Gasteiger partial charge in [0.1, 0.15) is 11.9 Å². The minimum atomic E-state index is -0.0533. The summed E-state index contributed by atoms with van der Waals surface area (Å²) in [5.74, 6) is 1.87. The van der Waals surface area contributed by atoms with E-state index in [0.29, 0.717) is 0 Å². The van der Waals surface area contributed by atoms with Crippen molar-refractivity contribution in [2.45, 2.75) is 44.9 Å². The molecule has 2 aliphatic rings. The van der Waals surface area contributed by atoms with Crippen LogP contribution in [0, 0.1) is 5.92 Å². The second-order valence-corrected chi connectivity index (χ2v) is 8.52. The molecule has 0 N–H and O–H groups in total. The molecule has 3 aromatic rings. The Bertz CT molecular complexity index is 1060. The summed E-state index contributed by atoms with van der Waals surface area (Å²) >= 11 is 0. The molecule has 5 rings (SSSR count). The van der Waals surface area contributed by atoms with Gasteiger partial charge in [0.2, 0.25) is 0 Å². The minimum Gasteiger partial charge on any atom is -0.490 e. The first-order valence-corrected chi connectivity index (χ1v) is 10.6. The zero-order valence-corrected chi connectivity index (χ0v) is 17.0. The number of rotatable bonds is 6. The van der Waals surface area contributed by atoms with Crippen LogP contribution in [0.25, 0.3) is 10.9 Å². The van der Waals surface area contributed by atoms with Gasteiger partial charge in [0.15, 0.2) is 0 Å². The number of aryl methyl sites for hydroxylation is 1. The summed E-state index contributed by atoms with van der Waals surface area (Å²) < 4.78 is 10.2. The number of nitrogens with zero attached hydrogens (tertiary/aromatic N) is 4. The molecule has 1 saturated carbocycles. The number of hydrogen-bond donors (Lipinski definition) is 0. The Morgan fingerprint density at radius 3 is 2.72 bits per heavy atom. The SMILES string of the molecule is Cn1ncc(CN2CCC(Oc3cccc4c3ccn4CC3CC3)CC2)cc1=O. The second-order valence-electron chi connectivity index (χ2n) is 8.52. The normalized spacial score (nSPS) is 18.4. The highest BCUT2D eigenvalue weighted by atomic mass is 16.5. The molecule has 29 heavy (non-hydrogen) atoms. The van der Waals surface area contributed by atoms with Gasteiger partial charge in [0, 0.05) is 50.9 Å². The van der Waals surface area contributed by atoms with Crippen LogP contribution >= 0.6 is 0 Å². The molecule has 0 bridgehead atoms. The Hall–Kier alpha value is -2.60. The second kappa shape index (κ2) is 7.67. The van der Waals surface area contributed by atoms with Gasteiger partial charge >= 0.3 is 0 Å². The van der Waals surface area contributed by atoms with E-state index < -0.39 is 0 Å². The van der Waals surface area contributed by atoms with Gasteiger partial charge in [-0.15, -0.1) is 0 Å². The fraction of sp³-hybridized carbons (Fsp3) is 0.478. The van der Waals surface area contributed by atoms with Gasteiger partial charge in [-0.1, -0.05) is 6.07 Å². The molecule has 2 fully saturated rings. The molecule has 3 heterocycles. The van der Waals surface area contributed by atoms with E-state index in [1.54, 1.807) is 19.3 Å². The van der Waals surface area contributed by atoms with Gasteiger partial charge in [0.25, 0.3) is 5.56 Å². The van der Waals surface area contributed by atoms with Crippen molar-refractivity contribution in [3.05, 3.63) is 58.6 Å². The fourth-order valence-electron chi connectivity index (χ4n) is 4.25. The van der Waals surface area contributed by atoms with E-state index in [4.69, 9.17) is 4.74 Å². The van der Waals surface area contributed by atoms with Crippen molar-refractivity contribution in [1.82, 2.24) is 19.2 Å². The smallest absolute Gasteiger partial charge is 0.266 e. The van der Waals surface area contributed by atoms with Crippen molar-refractivity contribution in [1.29, 1.82) is 0 Å². The van der Waals surface area contributed by atoms with E-state index in [9.17, 15) is 4.79 Å². The van der Waals surface area contributed by atoms with E-state index in [0.717, 1.165) is 56.3 Å². The van der Waals surface area contributed by atoms with Crippen molar-refractivity contribution in [2.24, 2.45) is 13.0 Å². The van der Waals surface area contributed by atoms with E-state index >= 15 is 0 Å². The molecule has 1 aromatic carbocycles. The van der Waals surface area contributed by atoms with Gasteiger partial charge in [-0.3, -0.25) is 9.69 Å². The van der Waals surface area contributed by atoms with Crippen molar-refractivity contribution in [2.75, 3.05) is 13.1 Å². The van der Waals surface area contributed by atoms with Crippen molar-refractivity contribution < 1.29 is 4.74 Å². The van der Waals surface area contributed by atoms with E-state index in [1.165, 1.54) is 28.4 Å². The summed E-state index contributed by atoms with van der Waals surface area (Å²) in [7, 11) is 1.68. The van der Waals surface area contributed by atoms with E-state index in [1.807, 2.05) is 0 Å². The summed E-state index contributed by atoms with van der Waals surface area (Å²) in [5, 5.41) is 5.34. The third-order valence-electron chi connectivity index (χ3n) is 6.18. The summed E-state index contributed by atoms with van der Waals surface area (Å²) in [5.41, 5.74) is 2.21. The van der Waals surface area contributed by atoms with Crippen LogP contribution in [0.4, 0.5) is 0 Å². The molecular formula is C23H28N4O2. The highest BCUT2D eigenvalue weighted by Gasteiger charge is 2.24. The molecule has 0 unspecified atom stereocenters. The van der Waals surface area contributed by atoms with Gasteiger partial charge in [-0.25, -0.2) is 4.68 Å². The predicted octanol–water partition coefficient (Wildman–Crippen LogP) is 3.19. The van der Waals surface area contributed by atoms with Crippen molar-refractivity contribution >= 4 is 10.9 Å². The minimum absolute atomic E-state index is 0.0533. The van der Waals surface area contributed by atoms with E-state index in [2.05, 4.69) is 45.0 Å². The molecule has 0 amide bonds. The molecule has 1 aliphatic carbocycles. The number of fused-ring (bicyclic) bond motifs is 1. The fourth-order valence-corrected chi connectivity index (χ4v) is 4.25. The van der Waals surface area contributed by atoms with Crippen LogP contribution in [0.3, 0.4) is 0 Å². The summed E-state index contributed by atoms with van der Waals surface area (Å²) in [6.07, 6.45) is 8.96. The van der Waals surface area contributed by atoms with Crippen LogP contribution in [0.15, 0.2) is 47.5 Å². The number of benzene rings is 1. The van der Waals surface area contributed by atoms with Gasteiger partial charge in [0.05, 0.1) is 11.7 Å². The zero-order chi connectivity index (χ0) is 19.8. The Labute approximate surface area is 170 Å². The molecule has 0 spiro atoms. The summed E-state index contributed by atoms with van der Waals surface area (Å²) in [6, 6.07) is 10.3. The molecule has 2 aromatic heterocycles. The predicted molar refractivity (Wildman–Crippen MR) is 113 cm³/mol. The lowest BCUT2D eigenvalue weighted by molar-refractivity contribution is 0.0978. The Morgan fingerprint density at radius 2 is 1.97 bits per heavy atom.